The fraction of sp³-hybridized carbons (Fsp3) is 0.190. The van der Waals surface area contributed by atoms with Crippen LogP contribution in [0.4, 0.5) is 0 Å². The number of thioether (sulfide) groups is 1. The topological polar surface area (TPSA) is 51.0 Å². The van der Waals surface area contributed by atoms with E-state index in [-0.39, 0.29) is 5.91 Å². The molecule has 3 heterocycles. The van der Waals surface area contributed by atoms with Crippen molar-refractivity contribution in [2.45, 2.75) is 18.1 Å². The van der Waals surface area contributed by atoms with Crippen LogP contribution in [0.15, 0.2) is 69.8 Å². The van der Waals surface area contributed by atoms with Crippen molar-refractivity contribution >= 4 is 40.3 Å². The number of nitrogens with zero attached hydrogens (tertiary/aromatic N) is 4. The summed E-state index contributed by atoms with van der Waals surface area (Å²) >= 11 is 4.78. The largest absolute Gasteiger partial charge is 0.341 e. The summed E-state index contributed by atoms with van der Waals surface area (Å²) in [4.78, 5) is 15.6. The number of thiophene rings is 2. The zero-order chi connectivity index (χ0) is 20.1. The minimum atomic E-state index is 0.0728. The molecule has 0 bridgehead atoms. The van der Waals surface area contributed by atoms with E-state index in [0.29, 0.717) is 18.7 Å². The van der Waals surface area contributed by atoms with Crippen molar-refractivity contribution in [3.05, 3.63) is 80.9 Å². The first-order valence-electron chi connectivity index (χ1n) is 9.10. The van der Waals surface area contributed by atoms with Gasteiger partial charge in [-0.05, 0) is 46.0 Å². The van der Waals surface area contributed by atoms with Crippen LogP contribution in [0.25, 0.3) is 5.69 Å². The van der Waals surface area contributed by atoms with Crippen molar-refractivity contribution in [3.8, 4) is 5.69 Å². The summed E-state index contributed by atoms with van der Waals surface area (Å²) in [7, 11) is 1.84. The van der Waals surface area contributed by atoms with E-state index >= 15 is 0 Å². The summed E-state index contributed by atoms with van der Waals surface area (Å²) in [5.41, 5.74) is 2.16. The number of benzene rings is 1. The van der Waals surface area contributed by atoms with Crippen LogP contribution in [0.3, 0.4) is 0 Å². The summed E-state index contributed by atoms with van der Waals surface area (Å²) < 4.78 is 2.05. The Labute approximate surface area is 182 Å². The number of rotatable bonds is 8. The number of hydrogen-bond acceptors (Lipinski definition) is 6. The molecule has 148 valence electrons. The van der Waals surface area contributed by atoms with Gasteiger partial charge in [-0.25, -0.2) is 0 Å². The Morgan fingerprint density at radius 2 is 1.97 bits per heavy atom. The monoisotopic (exact) mass is 440 g/mol. The second kappa shape index (κ2) is 9.39. The van der Waals surface area contributed by atoms with Gasteiger partial charge in [-0.2, -0.15) is 11.3 Å². The molecule has 3 aromatic heterocycles. The van der Waals surface area contributed by atoms with E-state index in [1.54, 1.807) is 27.6 Å². The van der Waals surface area contributed by atoms with Crippen LogP contribution in [-0.2, 0) is 17.8 Å². The predicted octanol–water partition coefficient (Wildman–Crippen LogP) is 4.73. The van der Waals surface area contributed by atoms with Gasteiger partial charge in [0.15, 0.2) is 5.16 Å². The molecule has 0 aliphatic carbocycles. The molecule has 1 amide bonds. The number of carbonyl (C=O) groups is 1. The molecule has 0 atom stereocenters. The Bertz CT molecular complexity index is 1040. The van der Waals surface area contributed by atoms with Crippen LogP contribution < -0.4 is 0 Å². The molecule has 0 aliphatic rings. The molecule has 0 N–H and O–H groups in total. The van der Waals surface area contributed by atoms with Gasteiger partial charge in [0.25, 0.3) is 0 Å². The van der Waals surface area contributed by atoms with Gasteiger partial charge in [0.2, 0.25) is 5.91 Å². The highest BCUT2D eigenvalue weighted by Crippen LogP contribution is 2.25. The fourth-order valence-corrected chi connectivity index (χ4v) is 5.17. The van der Waals surface area contributed by atoms with Crippen LogP contribution in [0.5, 0.6) is 0 Å². The molecule has 4 aromatic rings. The van der Waals surface area contributed by atoms with Crippen molar-refractivity contribution in [1.29, 1.82) is 0 Å². The lowest BCUT2D eigenvalue weighted by atomic mass is 10.3. The second-order valence-corrected chi connectivity index (χ2v) is 9.25. The molecule has 0 saturated carbocycles. The van der Waals surface area contributed by atoms with Crippen LogP contribution >= 0.6 is 34.4 Å². The number of hydrogen-bond donors (Lipinski definition) is 0. The molecule has 4 rings (SSSR count). The second-order valence-electron chi connectivity index (χ2n) is 6.50. The molecule has 0 radical (unpaired) electrons. The van der Waals surface area contributed by atoms with Gasteiger partial charge < -0.3 is 4.90 Å². The van der Waals surface area contributed by atoms with E-state index < -0.39 is 0 Å². The van der Waals surface area contributed by atoms with Gasteiger partial charge in [0.05, 0.1) is 5.75 Å². The Balaban J connectivity index is 1.50. The lowest BCUT2D eigenvalue weighted by molar-refractivity contribution is -0.127. The average molecular weight is 441 g/mol. The minimum Gasteiger partial charge on any atom is -0.341 e. The normalized spacial score (nSPS) is 10.9. The van der Waals surface area contributed by atoms with Gasteiger partial charge in [-0.15, -0.1) is 21.5 Å². The van der Waals surface area contributed by atoms with Crippen LogP contribution in [0.2, 0.25) is 0 Å². The number of para-hydroxylation sites is 1. The zero-order valence-corrected chi connectivity index (χ0v) is 18.3. The molecule has 0 fully saturated rings. The zero-order valence-electron chi connectivity index (χ0n) is 15.9. The third-order valence-electron chi connectivity index (χ3n) is 4.38. The smallest absolute Gasteiger partial charge is 0.233 e. The molecule has 29 heavy (non-hydrogen) atoms. The van der Waals surface area contributed by atoms with Crippen molar-refractivity contribution < 1.29 is 4.79 Å². The Hall–Kier alpha value is -2.42. The van der Waals surface area contributed by atoms with Gasteiger partial charge in [-0.1, -0.05) is 36.0 Å². The van der Waals surface area contributed by atoms with Gasteiger partial charge >= 0.3 is 0 Å². The molecule has 1 aromatic carbocycles. The molecular formula is C21H20N4OS3. The highest BCUT2D eigenvalue weighted by atomic mass is 32.2. The molecule has 0 aliphatic heterocycles. The molecular weight excluding hydrogens is 420 g/mol. The van der Waals surface area contributed by atoms with Gasteiger partial charge in [0, 0.05) is 30.6 Å². The SMILES string of the molecule is CN(Cc1ccsc1)C(=O)CSc1nnc(Cc2cccs2)n1-c1ccccc1. The standard InChI is InChI=1S/C21H20N4OS3/c1-24(13-16-9-11-27-14-16)20(26)15-29-21-23-22-19(12-18-8-5-10-28-18)25(21)17-6-3-2-4-7-17/h2-11,14H,12-13,15H2,1H3. The highest BCUT2D eigenvalue weighted by Gasteiger charge is 2.18. The van der Waals surface area contributed by atoms with Gasteiger partial charge in [-0.3, -0.25) is 9.36 Å². The van der Waals surface area contributed by atoms with Crippen molar-refractivity contribution in [2.24, 2.45) is 0 Å². The average Bonchev–Trinajstić information content (AvgIpc) is 3.50. The molecule has 0 unspecified atom stereocenters. The van der Waals surface area contributed by atoms with E-state index in [1.165, 1.54) is 16.6 Å². The maximum Gasteiger partial charge on any atom is 0.233 e. The summed E-state index contributed by atoms with van der Waals surface area (Å²) in [5.74, 6) is 1.27. The van der Waals surface area contributed by atoms with E-state index in [9.17, 15) is 4.79 Å². The summed E-state index contributed by atoms with van der Waals surface area (Å²) in [6.45, 7) is 0.623. The maximum atomic E-state index is 12.6. The third kappa shape index (κ3) is 4.95. The van der Waals surface area contributed by atoms with E-state index in [4.69, 9.17) is 0 Å². The van der Waals surface area contributed by atoms with Gasteiger partial charge in [0.1, 0.15) is 5.82 Å². The summed E-state index contributed by atoms with van der Waals surface area (Å²) in [6.07, 6.45) is 0.714. The number of aromatic nitrogens is 3. The van der Waals surface area contributed by atoms with Crippen LogP contribution in [-0.4, -0.2) is 38.4 Å². The summed E-state index contributed by atoms with van der Waals surface area (Å²) in [6, 6.07) is 16.3. The molecule has 0 saturated heterocycles. The quantitative estimate of drug-likeness (QED) is 0.372. The number of amides is 1. The fourth-order valence-electron chi connectivity index (χ4n) is 2.89. The number of carbonyl (C=O) groups excluding carboxylic acids is 1. The first-order chi connectivity index (χ1) is 14.2. The van der Waals surface area contributed by atoms with Crippen LogP contribution in [0.1, 0.15) is 16.3 Å². The van der Waals surface area contributed by atoms with E-state index in [2.05, 4.69) is 31.6 Å². The first kappa shape index (κ1) is 19.9. The molecule has 5 nitrogen and oxygen atoms in total. The van der Waals surface area contributed by atoms with E-state index in [0.717, 1.165) is 22.2 Å². The predicted molar refractivity (Wildman–Crippen MR) is 120 cm³/mol. The Morgan fingerprint density at radius 1 is 1.10 bits per heavy atom. The van der Waals surface area contributed by atoms with Crippen molar-refractivity contribution in [1.82, 2.24) is 19.7 Å². The lowest BCUT2D eigenvalue weighted by Crippen LogP contribution is -2.27. The lowest BCUT2D eigenvalue weighted by Gasteiger charge is -2.16. The highest BCUT2D eigenvalue weighted by molar-refractivity contribution is 7.99. The maximum absolute atomic E-state index is 12.6. The van der Waals surface area contributed by atoms with Crippen LogP contribution in [0, 0.1) is 0 Å². The van der Waals surface area contributed by atoms with Crippen molar-refractivity contribution in [2.75, 3.05) is 12.8 Å². The van der Waals surface area contributed by atoms with E-state index in [1.807, 2.05) is 54.9 Å². The minimum absolute atomic E-state index is 0.0728. The molecule has 0 spiro atoms. The Kier molecular flexibility index (Phi) is 6.43. The van der Waals surface area contributed by atoms with Crippen molar-refractivity contribution in [3.63, 3.8) is 0 Å². The third-order valence-corrected chi connectivity index (χ3v) is 6.90. The molecule has 8 heteroatoms. The Morgan fingerprint density at radius 3 is 2.69 bits per heavy atom. The summed E-state index contributed by atoms with van der Waals surface area (Å²) in [5, 5.41) is 15.7. The first-order valence-corrected chi connectivity index (χ1v) is 11.9.